The molecule has 0 radical (unpaired) electrons. The Bertz CT molecular complexity index is 524. The van der Waals surface area contributed by atoms with Crippen LogP contribution in [0.5, 0.6) is 0 Å². The summed E-state index contributed by atoms with van der Waals surface area (Å²) in [4.78, 5) is 0. The summed E-state index contributed by atoms with van der Waals surface area (Å²) in [6.45, 7) is 3.41. The van der Waals surface area contributed by atoms with Crippen LogP contribution in [0.1, 0.15) is 32.6 Å². The molecule has 7 heteroatoms. The summed E-state index contributed by atoms with van der Waals surface area (Å²) in [5.41, 5.74) is 0. The van der Waals surface area contributed by atoms with Crippen molar-refractivity contribution in [3.8, 4) is 0 Å². The maximum Gasteiger partial charge on any atom is 0.252 e. The first-order chi connectivity index (χ1) is 8.95. The fourth-order valence-corrected chi connectivity index (χ4v) is 6.42. The van der Waals surface area contributed by atoms with Crippen molar-refractivity contribution in [2.75, 3.05) is 13.1 Å². The lowest BCUT2D eigenvalue weighted by Gasteiger charge is -2.19. The Morgan fingerprint density at radius 1 is 1.47 bits per heavy atom. The molecular formula is C12H17BrClNO2S2. The van der Waals surface area contributed by atoms with Crippen molar-refractivity contribution in [1.29, 1.82) is 0 Å². The number of nitrogens with zero attached hydrogens (tertiary/aromatic N) is 1. The summed E-state index contributed by atoms with van der Waals surface area (Å²) in [5, 5.41) is 0.463. The van der Waals surface area contributed by atoms with Gasteiger partial charge in [-0.2, -0.15) is 4.31 Å². The number of halogens is 2. The minimum absolute atomic E-state index is 0.333. The van der Waals surface area contributed by atoms with E-state index in [1.165, 1.54) is 17.4 Å². The molecule has 108 valence electrons. The van der Waals surface area contributed by atoms with Crippen LogP contribution in [0, 0.1) is 5.92 Å². The monoisotopic (exact) mass is 385 g/mol. The summed E-state index contributed by atoms with van der Waals surface area (Å²) in [6, 6.07) is 1.54. The molecule has 2 rings (SSSR count). The molecule has 0 saturated carbocycles. The van der Waals surface area contributed by atoms with Crippen molar-refractivity contribution in [3.05, 3.63) is 14.9 Å². The third-order valence-corrected chi connectivity index (χ3v) is 8.42. The van der Waals surface area contributed by atoms with Crippen molar-refractivity contribution in [3.63, 3.8) is 0 Å². The fraction of sp³-hybridized carbons (Fsp3) is 0.667. The minimum Gasteiger partial charge on any atom is -0.206 e. The van der Waals surface area contributed by atoms with Gasteiger partial charge < -0.3 is 0 Å². The Morgan fingerprint density at radius 3 is 2.79 bits per heavy atom. The van der Waals surface area contributed by atoms with Gasteiger partial charge in [-0.15, -0.1) is 11.3 Å². The van der Waals surface area contributed by atoms with Crippen LogP contribution in [0.2, 0.25) is 5.02 Å². The van der Waals surface area contributed by atoms with E-state index >= 15 is 0 Å². The highest BCUT2D eigenvalue weighted by molar-refractivity contribution is 9.11. The second-order valence-corrected chi connectivity index (χ2v) is 9.74. The van der Waals surface area contributed by atoms with Gasteiger partial charge in [-0.25, -0.2) is 8.42 Å². The molecule has 1 aliphatic heterocycles. The lowest BCUT2D eigenvalue weighted by molar-refractivity contribution is 0.408. The second kappa shape index (κ2) is 6.43. The van der Waals surface area contributed by atoms with Crippen molar-refractivity contribution in [2.45, 2.75) is 36.8 Å². The van der Waals surface area contributed by atoms with Gasteiger partial charge in [0, 0.05) is 13.1 Å². The third-order valence-electron chi connectivity index (χ3n) is 3.60. The van der Waals surface area contributed by atoms with Gasteiger partial charge in [-0.3, -0.25) is 0 Å². The molecular weight excluding hydrogens is 370 g/mol. The van der Waals surface area contributed by atoms with E-state index in [2.05, 4.69) is 22.9 Å². The Kier molecular flexibility index (Phi) is 5.34. The summed E-state index contributed by atoms with van der Waals surface area (Å²) < 4.78 is 27.7. The first kappa shape index (κ1) is 15.8. The fourth-order valence-electron chi connectivity index (χ4n) is 2.37. The van der Waals surface area contributed by atoms with Crippen LogP contribution in [-0.2, 0) is 10.0 Å². The molecule has 0 aromatic carbocycles. The van der Waals surface area contributed by atoms with E-state index in [-0.39, 0.29) is 0 Å². The van der Waals surface area contributed by atoms with E-state index in [9.17, 15) is 8.42 Å². The first-order valence-electron chi connectivity index (χ1n) is 6.40. The largest absolute Gasteiger partial charge is 0.252 e. The molecule has 2 heterocycles. The van der Waals surface area contributed by atoms with Crippen LogP contribution in [-0.4, -0.2) is 25.8 Å². The zero-order valence-corrected chi connectivity index (χ0v) is 14.7. The Morgan fingerprint density at radius 2 is 2.21 bits per heavy atom. The minimum atomic E-state index is -3.38. The second-order valence-electron chi connectivity index (χ2n) is 4.80. The molecule has 1 unspecified atom stereocenters. The van der Waals surface area contributed by atoms with E-state index in [0.29, 0.717) is 32.0 Å². The van der Waals surface area contributed by atoms with Crippen LogP contribution in [0.4, 0.5) is 0 Å². The summed E-state index contributed by atoms with van der Waals surface area (Å²) in [7, 11) is -3.38. The van der Waals surface area contributed by atoms with Gasteiger partial charge in [0.1, 0.15) is 4.21 Å². The highest BCUT2D eigenvalue weighted by Gasteiger charge is 2.29. The van der Waals surface area contributed by atoms with E-state index in [4.69, 9.17) is 11.6 Å². The Hall–Kier alpha value is 0.380. The Balaban J connectivity index is 2.20. The molecule has 1 fully saturated rings. The van der Waals surface area contributed by atoms with Gasteiger partial charge in [0.25, 0.3) is 10.0 Å². The molecule has 0 N–H and O–H groups in total. The normalized spacial score (nSPS) is 22.4. The van der Waals surface area contributed by atoms with Crippen LogP contribution < -0.4 is 0 Å². The molecule has 1 saturated heterocycles. The molecule has 0 amide bonds. The van der Waals surface area contributed by atoms with E-state index in [0.717, 1.165) is 25.7 Å². The molecule has 1 aromatic rings. The third kappa shape index (κ3) is 3.53. The van der Waals surface area contributed by atoms with Crippen LogP contribution in [0.3, 0.4) is 0 Å². The molecule has 19 heavy (non-hydrogen) atoms. The summed E-state index contributed by atoms with van der Waals surface area (Å²) in [6.07, 6.45) is 4.15. The molecule has 0 bridgehead atoms. The predicted octanol–water partition coefficient (Wildman–Crippen LogP) is 4.36. The van der Waals surface area contributed by atoms with Crippen LogP contribution in [0.15, 0.2) is 14.1 Å². The van der Waals surface area contributed by atoms with Gasteiger partial charge in [-0.1, -0.05) is 24.9 Å². The average molecular weight is 387 g/mol. The quantitative estimate of drug-likeness (QED) is 0.773. The van der Waals surface area contributed by atoms with Crippen molar-refractivity contribution < 1.29 is 8.42 Å². The van der Waals surface area contributed by atoms with Gasteiger partial charge in [-0.05, 0) is 47.2 Å². The number of hydrogen-bond donors (Lipinski definition) is 0. The zero-order chi connectivity index (χ0) is 14.0. The zero-order valence-electron chi connectivity index (χ0n) is 10.7. The Labute approximate surface area is 132 Å². The van der Waals surface area contributed by atoms with Crippen LogP contribution >= 0.6 is 38.9 Å². The molecule has 1 aliphatic rings. The number of thiophene rings is 1. The topological polar surface area (TPSA) is 37.4 Å². The lowest BCUT2D eigenvalue weighted by Crippen LogP contribution is -2.31. The molecule has 0 spiro atoms. The molecule has 0 aliphatic carbocycles. The lowest BCUT2D eigenvalue weighted by atomic mass is 9.98. The SMILES string of the molecule is CCC1CCCN(S(=O)(=O)c2cc(Cl)c(Br)s2)CC1. The molecule has 1 aromatic heterocycles. The smallest absolute Gasteiger partial charge is 0.206 e. The maximum absolute atomic E-state index is 12.6. The van der Waals surface area contributed by atoms with Crippen LogP contribution in [0.25, 0.3) is 0 Å². The predicted molar refractivity (Wildman–Crippen MR) is 83.4 cm³/mol. The number of hydrogen-bond acceptors (Lipinski definition) is 3. The number of sulfonamides is 1. The highest BCUT2D eigenvalue weighted by atomic mass is 79.9. The maximum atomic E-state index is 12.6. The van der Waals surface area contributed by atoms with Gasteiger partial charge in [0.05, 0.1) is 8.81 Å². The summed E-state index contributed by atoms with van der Waals surface area (Å²) >= 11 is 10.4. The van der Waals surface area contributed by atoms with Gasteiger partial charge in [0.15, 0.2) is 0 Å². The summed E-state index contributed by atoms with van der Waals surface area (Å²) in [5.74, 6) is 0.652. The van der Waals surface area contributed by atoms with Crippen molar-refractivity contribution in [1.82, 2.24) is 4.31 Å². The van der Waals surface area contributed by atoms with Gasteiger partial charge in [0.2, 0.25) is 0 Å². The standard InChI is InChI=1S/C12H17BrClNO2S2/c1-2-9-4-3-6-15(7-5-9)19(16,17)11-8-10(14)12(13)18-11/h8-9H,2-7H2,1H3. The van der Waals surface area contributed by atoms with E-state index < -0.39 is 10.0 Å². The van der Waals surface area contributed by atoms with Crippen molar-refractivity contribution in [2.24, 2.45) is 5.92 Å². The van der Waals surface area contributed by atoms with Crippen molar-refractivity contribution >= 4 is 48.9 Å². The van der Waals surface area contributed by atoms with Gasteiger partial charge >= 0.3 is 0 Å². The molecule has 3 nitrogen and oxygen atoms in total. The molecule has 1 atom stereocenters. The number of rotatable bonds is 3. The first-order valence-corrected chi connectivity index (χ1v) is 9.83. The van der Waals surface area contributed by atoms with E-state index in [1.807, 2.05) is 0 Å². The highest BCUT2D eigenvalue weighted by Crippen LogP contribution is 2.36. The average Bonchev–Trinajstić information content (AvgIpc) is 2.61. The van der Waals surface area contributed by atoms with E-state index in [1.54, 1.807) is 4.31 Å².